The Morgan fingerprint density at radius 2 is 2.14 bits per heavy atom. The number of carbonyl (C=O) groups is 1. The van der Waals surface area contributed by atoms with Crippen LogP contribution in [0.4, 0.5) is 8.78 Å². The maximum absolute atomic E-state index is 12.6. The Kier molecular flexibility index (Phi) is 6.15. The second-order valence-corrected chi connectivity index (χ2v) is 6.24. The van der Waals surface area contributed by atoms with Crippen molar-refractivity contribution in [2.24, 2.45) is 7.05 Å². The number of benzene rings is 1. The van der Waals surface area contributed by atoms with Gasteiger partial charge < -0.3 is 15.2 Å². The lowest BCUT2D eigenvalue weighted by Gasteiger charge is -2.16. The Labute approximate surface area is 160 Å². The highest BCUT2D eigenvalue weighted by molar-refractivity contribution is 6.05. The minimum absolute atomic E-state index is 0.200. The standard InChI is InChI=1S/C19H20F2N4O3/c1-25-18(19(27)23-13(10-26)8-17(20)21)15-9-14(5-6-16(15)24-25)28-11-12-4-2-3-7-22-12/h2-7,9,13,17,26H,8,10-11H2,1H3,(H,23,27). The lowest BCUT2D eigenvalue weighted by atomic mass is 10.1. The van der Waals surface area contributed by atoms with Crippen molar-refractivity contribution in [2.75, 3.05) is 6.61 Å². The van der Waals surface area contributed by atoms with Gasteiger partial charge in [0.1, 0.15) is 18.1 Å². The number of aromatic nitrogens is 3. The molecule has 148 valence electrons. The van der Waals surface area contributed by atoms with Crippen molar-refractivity contribution in [3.63, 3.8) is 0 Å². The number of aliphatic hydroxyl groups excluding tert-OH is 1. The Bertz CT molecular complexity index is 947. The van der Waals surface area contributed by atoms with Crippen molar-refractivity contribution >= 4 is 16.8 Å². The monoisotopic (exact) mass is 390 g/mol. The predicted molar refractivity (Wildman–Crippen MR) is 98.2 cm³/mol. The van der Waals surface area contributed by atoms with Crippen LogP contribution in [0.3, 0.4) is 0 Å². The molecule has 0 aliphatic heterocycles. The topological polar surface area (TPSA) is 89.3 Å². The summed E-state index contributed by atoms with van der Waals surface area (Å²) in [5, 5.41) is 16.4. The van der Waals surface area contributed by atoms with Crippen molar-refractivity contribution in [1.82, 2.24) is 20.1 Å². The van der Waals surface area contributed by atoms with E-state index >= 15 is 0 Å². The molecule has 1 aromatic carbocycles. The normalized spacial score (nSPS) is 12.3. The molecule has 1 unspecified atom stereocenters. The van der Waals surface area contributed by atoms with Gasteiger partial charge in [-0.25, -0.2) is 8.78 Å². The average Bonchev–Trinajstić information content (AvgIpc) is 3.01. The highest BCUT2D eigenvalue weighted by Gasteiger charge is 2.22. The van der Waals surface area contributed by atoms with E-state index in [0.717, 1.165) is 5.69 Å². The second kappa shape index (κ2) is 8.75. The van der Waals surface area contributed by atoms with E-state index in [0.29, 0.717) is 16.7 Å². The molecule has 0 spiro atoms. The van der Waals surface area contributed by atoms with Gasteiger partial charge in [0, 0.05) is 25.1 Å². The number of rotatable bonds is 8. The summed E-state index contributed by atoms with van der Waals surface area (Å²) in [5.74, 6) is -0.0712. The van der Waals surface area contributed by atoms with Crippen LogP contribution in [0.25, 0.3) is 10.9 Å². The van der Waals surface area contributed by atoms with E-state index in [1.807, 2.05) is 18.2 Å². The van der Waals surface area contributed by atoms with E-state index in [4.69, 9.17) is 4.74 Å². The molecule has 2 N–H and O–H groups in total. The summed E-state index contributed by atoms with van der Waals surface area (Å²) in [6.07, 6.45) is -1.59. The first-order valence-electron chi connectivity index (χ1n) is 8.67. The number of fused-ring (bicyclic) bond motifs is 1. The smallest absolute Gasteiger partial charge is 0.270 e. The van der Waals surface area contributed by atoms with Crippen molar-refractivity contribution in [2.45, 2.75) is 25.5 Å². The third kappa shape index (κ3) is 4.61. The largest absolute Gasteiger partial charge is 0.487 e. The molecule has 0 bridgehead atoms. The molecule has 7 nitrogen and oxygen atoms in total. The number of carbonyl (C=O) groups excluding carboxylic acids is 1. The van der Waals surface area contributed by atoms with E-state index in [2.05, 4.69) is 15.4 Å². The summed E-state index contributed by atoms with van der Waals surface area (Å²) in [6.45, 7) is -0.320. The molecule has 3 rings (SSSR count). The number of ether oxygens (including phenoxy) is 1. The van der Waals surface area contributed by atoms with Gasteiger partial charge >= 0.3 is 0 Å². The molecule has 0 radical (unpaired) electrons. The number of aliphatic hydroxyl groups is 1. The van der Waals surface area contributed by atoms with E-state index in [-0.39, 0.29) is 12.3 Å². The van der Waals surface area contributed by atoms with Crippen LogP contribution in [0.15, 0.2) is 42.6 Å². The highest BCUT2D eigenvalue weighted by Crippen LogP contribution is 2.24. The zero-order valence-corrected chi connectivity index (χ0v) is 15.2. The van der Waals surface area contributed by atoms with Crippen LogP contribution in [0.5, 0.6) is 5.75 Å². The fourth-order valence-corrected chi connectivity index (χ4v) is 2.83. The van der Waals surface area contributed by atoms with Crippen LogP contribution >= 0.6 is 0 Å². The van der Waals surface area contributed by atoms with Crippen LogP contribution in [-0.4, -0.2) is 44.9 Å². The summed E-state index contributed by atoms with van der Waals surface area (Å²) in [5.41, 5.74) is 1.52. The minimum atomic E-state index is -2.63. The molecule has 0 fully saturated rings. The number of alkyl halides is 2. The van der Waals surface area contributed by atoms with E-state index in [1.165, 1.54) is 4.68 Å². The fraction of sp³-hybridized carbons (Fsp3) is 0.316. The van der Waals surface area contributed by atoms with Crippen molar-refractivity contribution in [1.29, 1.82) is 0 Å². The first-order chi connectivity index (χ1) is 13.5. The predicted octanol–water partition coefficient (Wildman–Crippen LogP) is 2.29. The molecule has 3 aromatic rings. The first-order valence-corrected chi connectivity index (χ1v) is 8.67. The van der Waals surface area contributed by atoms with Gasteiger partial charge in [-0.15, -0.1) is 0 Å². The number of aryl methyl sites for hydroxylation is 1. The second-order valence-electron chi connectivity index (χ2n) is 6.24. The number of amides is 1. The Balaban J connectivity index is 1.81. The van der Waals surface area contributed by atoms with Crippen LogP contribution in [-0.2, 0) is 13.7 Å². The highest BCUT2D eigenvalue weighted by atomic mass is 19.3. The molecular formula is C19H20F2N4O3. The van der Waals surface area contributed by atoms with Gasteiger partial charge in [0.2, 0.25) is 6.43 Å². The van der Waals surface area contributed by atoms with Crippen molar-refractivity contribution in [3.8, 4) is 5.75 Å². The van der Waals surface area contributed by atoms with Gasteiger partial charge in [-0.2, -0.15) is 5.10 Å². The number of nitrogens with zero attached hydrogens (tertiary/aromatic N) is 3. The van der Waals surface area contributed by atoms with Gasteiger partial charge in [-0.1, -0.05) is 6.07 Å². The van der Waals surface area contributed by atoms with Crippen LogP contribution in [0, 0.1) is 0 Å². The van der Waals surface area contributed by atoms with Crippen molar-refractivity contribution in [3.05, 3.63) is 54.0 Å². The Morgan fingerprint density at radius 1 is 1.32 bits per heavy atom. The summed E-state index contributed by atoms with van der Waals surface area (Å²) >= 11 is 0. The molecule has 1 atom stereocenters. The van der Waals surface area contributed by atoms with Crippen molar-refractivity contribution < 1.29 is 23.4 Å². The zero-order chi connectivity index (χ0) is 20.1. The van der Waals surface area contributed by atoms with E-state index in [1.54, 1.807) is 31.4 Å². The third-order valence-corrected chi connectivity index (χ3v) is 4.15. The molecule has 0 saturated heterocycles. The molecule has 28 heavy (non-hydrogen) atoms. The van der Waals surface area contributed by atoms with Crippen LogP contribution in [0.1, 0.15) is 22.6 Å². The van der Waals surface area contributed by atoms with E-state index < -0.39 is 31.4 Å². The lowest BCUT2D eigenvalue weighted by Crippen LogP contribution is -2.39. The molecular weight excluding hydrogens is 370 g/mol. The minimum Gasteiger partial charge on any atom is -0.487 e. The molecule has 2 aromatic heterocycles. The Morgan fingerprint density at radius 3 is 2.82 bits per heavy atom. The first kappa shape index (κ1) is 19.7. The van der Waals surface area contributed by atoms with Gasteiger partial charge in [0.05, 0.1) is 23.9 Å². The molecule has 0 aliphatic carbocycles. The summed E-state index contributed by atoms with van der Waals surface area (Å²) in [7, 11) is 1.59. The number of halogens is 2. The Hall–Kier alpha value is -3.07. The average molecular weight is 390 g/mol. The molecule has 0 saturated carbocycles. The number of hydrogen-bond acceptors (Lipinski definition) is 5. The number of nitrogens with one attached hydrogen (secondary N) is 1. The SMILES string of the molecule is Cn1nc2ccc(OCc3ccccn3)cc2c1C(=O)NC(CO)CC(F)F. The molecule has 0 aliphatic rings. The zero-order valence-electron chi connectivity index (χ0n) is 15.2. The molecule has 2 heterocycles. The molecule has 9 heteroatoms. The lowest BCUT2D eigenvalue weighted by molar-refractivity contribution is 0.0815. The summed E-state index contributed by atoms with van der Waals surface area (Å²) in [6, 6.07) is 9.57. The maximum atomic E-state index is 12.6. The quantitative estimate of drug-likeness (QED) is 0.616. The van der Waals surface area contributed by atoms with Crippen LogP contribution < -0.4 is 10.1 Å². The van der Waals surface area contributed by atoms with Gasteiger partial charge in [0.15, 0.2) is 0 Å². The van der Waals surface area contributed by atoms with Crippen LogP contribution in [0.2, 0.25) is 0 Å². The van der Waals surface area contributed by atoms with Gasteiger partial charge in [-0.3, -0.25) is 14.5 Å². The van der Waals surface area contributed by atoms with Gasteiger partial charge in [-0.05, 0) is 30.3 Å². The molecule has 1 amide bonds. The van der Waals surface area contributed by atoms with Gasteiger partial charge in [0.25, 0.3) is 5.91 Å². The summed E-state index contributed by atoms with van der Waals surface area (Å²) in [4.78, 5) is 16.8. The summed E-state index contributed by atoms with van der Waals surface area (Å²) < 4.78 is 32.2. The third-order valence-electron chi connectivity index (χ3n) is 4.15. The fourth-order valence-electron chi connectivity index (χ4n) is 2.83. The number of pyridine rings is 1. The van der Waals surface area contributed by atoms with E-state index in [9.17, 15) is 18.7 Å². The number of hydrogen-bond donors (Lipinski definition) is 2. The maximum Gasteiger partial charge on any atom is 0.270 e.